The molecule has 0 aliphatic carbocycles. The van der Waals surface area contributed by atoms with Crippen LogP contribution in [0.4, 0.5) is 10.7 Å². The van der Waals surface area contributed by atoms with Gasteiger partial charge < -0.3 is 9.88 Å². The van der Waals surface area contributed by atoms with Crippen LogP contribution < -0.4 is 10.2 Å². The summed E-state index contributed by atoms with van der Waals surface area (Å²) in [4.78, 5) is 41.6. The number of fused-ring (bicyclic) bond motifs is 1. The molecule has 3 heterocycles. The number of benzene rings is 1. The molecule has 2 N–H and O–H groups in total. The van der Waals surface area contributed by atoms with Gasteiger partial charge >= 0.3 is 0 Å². The molecular weight excluding hydrogens is 352 g/mol. The summed E-state index contributed by atoms with van der Waals surface area (Å²) < 4.78 is 0. The van der Waals surface area contributed by atoms with E-state index in [0.717, 1.165) is 28.6 Å². The fraction of sp³-hybridized carbons (Fsp3) is 0.118. The Hall–Kier alpha value is -3.20. The molecule has 0 spiro atoms. The van der Waals surface area contributed by atoms with E-state index in [0.29, 0.717) is 23.1 Å². The van der Waals surface area contributed by atoms with Crippen LogP contribution in [0.3, 0.4) is 0 Å². The molecule has 1 saturated heterocycles. The zero-order chi connectivity index (χ0) is 18.1. The Morgan fingerprint density at radius 1 is 1.19 bits per heavy atom. The Balaban J connectivity index is 1.54. The standard InChI is InChI=1S/C17H14N6O2S/c1-23(9-14-20-11-4-2-3-5-12(11)21-14)16-18-7-6-10(19-16)8-13-15(24)22-17(25)26-13/h2-8H,9H2,1H3,(H,20,21)(H,22,24,25)/b13-8-. The van der Waals surface area contributed by atoms with Crippen molar-refractivity contribution in [2.45, 2.75) is 6.54 Å². The molecule has 26 heavy (non-hydrogen) atoms. The van der Waals surface area contributed by atoms with Gasteiger partial charge in [0, 0.05) is 13.2 Å². The maximum Gasteiger partial charge on any atom is 0.290 e. The van der Waals surface area contributed by atoms with Gasteiger partial charge in [-0.1, -0.05) is 12.1 Å². The molecule has 0 saturated carbocycles. The third-order valence-corrected chi connectivity index (χ3v) is 4.56. The number of aromatic nitrogens is 4. The van der Waals surface area contributed by atoms with Gasteiger partial charge in [-0.05, 0) is 36.0 Å². The van der Waals surface area contributed by atoms with Crippen LogP contribution in [-0.2, 0) is 11.3 Å². The van der Waals surface area contributed by atoms with Gasteiger partial charge in [0.25, 0.3) is 11.1 Å². The summed E-state index contributed by atoms with van der Waals surface area (Å²) >= 11 is 0.860. The van der Waals surface area contributed by atoms with Gasteiger partial charge in [0.05, 0.1) is 28.2 Å². The number of hydrogen-bond acceptors (Lipinski definition) is 7. The summed E-state index contributed by atoms with van der Waals surface area (Å²) in [5.41, 5.74) is 2.44. The van der Waals surface area contributed by atoms with E-state index in [-0.39, 0.29) is 5.24 Å². The topological polar surface area (TPSA) is 104 Å². The molecule has 2 aromatic heterocycles. The highest BCUT2D eigenvalue weighted by Gasteiger charge is 2.25. The fourth-order valence-electron chi connectivity index (χ4n) is 2.56. The highest BCUT2D eigenvalue weighted by atomic mass is 32.2. The first kappa shape index (κ1) is 16.3. The van der Waals surface area contributed by atoms with Gasteiger partial charge in [-0.2, -0.15) is 0 Å². The van der Waals surface area contributed by atoms with Crippen molar-refractivity contribution in [2.75, 3.05) is 11.9 Å². The Bertz CT molecular complexity index is 1010. The summed E-state index contributed by atoms with van der Waals surface area (Å²) in [6, 6.07) is 9.50. The number of para-hydroxylation sites is 2. The minimum atomic E-state index is -0.407. The number of imide groups is 1. The molecule has 0 bridgehead atoms. The van der Waals surface area contributed by atoms with Crippen LogP contribution in [0.5, 0.6) is 0 Å². The van der Waals surface area contributed by atoms with E-state index in [1.807, 2.05) is 36.2 Å². The summed E-state index contributed by atoms with van der Waals surface area (Å²) in [6.45, 7) is 0.502. The SMILES string of the molecule is CN(Cc1nc2ccccc2[nH]1)c1nccc(/C=C2\SC(=O)NC2=O)n1. The molecule has 1 aliphatic rings. The van der Waals surface area contributed by atoms with Gasteiger partial charge in [0.15, 0.2) is 0 Å². The molecule has 0 unspecified atom stereocenters. The molecule has 130 valence electrons. The molecule has 9 heteroatoms. The fourth-order valence-corrected chi connectivity index (χ4v) is 3.22. The second-order valence-corrected chi connectivity index (χ2v) is 6.71. The lowest BCUT2D eigenvalue weighted by Gasteiger charge is -2.15. The molecule has 1 fully saturated rings. The van der Waals surface area contributed by atoms with Crippen LogP contribution in [0.15, 0.2) is 41.4 Å². The number of carbonyl (C=O) groups excluding carboxylic acids is 2. The maximum absolute atomic E-state index is 11.6. The highest BCUT2D eigenvalue weighted by molar-refractivity contribution is 8.18. The number of nitrogens with zero attached hydrogens (tertiary/aromatic N) is 4. The van der Waals surface area contributed by atoms with Crippen molar-refractivity contribution in [1.29, 1.82) is 0 Å². The summed E-state index contributed by atoms with van der Waals surface area (Å²) in [5, 5.41) is 1.84. The van der Waals surface area contributed by atoms with Gasteiger partial charge in [0.2, 0.25) is 5.95 Å². The van der Waals surface area contributed by atoms with E-state index in [9.17, 15) is 9.59 Å². The second kappa shape index (κ2) is 6.60. The molecule has 3 aromatic rings. The smallest absolute Gasteiger partial charge is 0.290 e. The van der Waals surface area contributed by atoms with Gasteiger partial charge in [-0.25, -0.2) is 15.0 Å². The van der Waals surface area contributed by atoms with Gasteiger partial charge in [-0.3, -0.25) is 14.9 Å². The molecule has 4 rings (SSSR count). The number of carbonyl (C=O) groups is 2. The second-order valence-electron chi connectivity index (χ2n) is 5.69. The molecule has 8 nitrogen and oxygen atoms in total. The van der Waals surface area contributed by atoms with Crippen molar-refractivity contribution in [3.05, 3.63) is 53.0 Å². The average Bonchev–Trinajstić information content (AvgIpc) is 3.17. The van der Waals surface area contributed by atoms with E-state index >= 15 is 0 Å². The van der Waals surface area contributed by atoms with E-state index in [2.05, 4.69) is 25.3 Å². The number of nitrogens with one attached hydrogen (secondary N) is 2. The Labute approximate surface area is 152 Å². The predicted octanol–water partition coefficient (Wildman–Crippen LogP) is 2.31. The predicted molar refractivity (Wildman–Crippen MR) is 99.3 cm³/mol. The summed E-state index contributed by atoms with van der Waals surface area (Å²) in [5.74, 6) is 0.891. The first-order valence-corrected chi connectivity index (χ1v) is 8.63. The minimum absolute atomic E-state index is 0.319. The summed E-state index contributed by atoms with van der Waals surface area (Å²) in [6.07, 6.45) is 3.19. The van der Waals surface area contributed by atoms with Gasteiger partial charge in [-0.15, -0.1) is 0 Å². The number of rotatable bonds is 4. The Kier molecular flexibility index (Phi) is 4.13. The lowest BCUT2D eigenvalue weighted by molar-refractivity contribution is -0.115. The van der Waals surface area contributed by atoms with Crippen LogP contribution in [0.1, 0.15) is 11.5 Å². The van der Waals surface area contributed by atoms with Gasteiger partial charge in [0.1, 0.15) is 5.82 Å². The molecule has 0 atom stereocenters. The normalized spacial score (nSPS) is 15.7. The van der Waals surface area contributed by atoms with Crippen molar-refractivity contribution >= 4 is 46.0 Å². The highest BCUT2D eigenvalue weighted by Crippen LogP contribution is 2.25. The van der Waals surface area contributed by atoms with E-state index in [4.69, 9.17) is 0 Å². The molecular formula is C17H14N6O2S. The van der Waals surface area contributed by atoms with E-state index in [1.165, 1.54) is 0 Å². The number of imidazole rings is 1. The third-order valence-electron chi connectivity index (χ3n) is 3.75. The number of aromatic amines is 1. The number of H-pyrrole nitrogens is 1. The third kappa shape index (κ3) is 3.29. The van der Waals surface area contributed by atoms with E-state index < -0.39 is 5.91 Å². The largest absolute Gasteiger partial charge is 0.340 e. The van der Waals surface area contributed by atoms with Crippen LogP contribution in [0.25, 0.3) is 17.1 Å². The maximum atomic E-state index is 11.6. The van der Waals surface area contributed by atoms with Crippen LogP contribution >= 0.6 is 11.8 Å². The number of anilines is 1. The van der Waals surface area contributed by atoms with E-state index in [1.54, 1.807) is 18.3 Å². The zero-order valence-electron chi connectivity index (χ0n) is 13.8. The van der Waals surface area contributed by atoms with Crippen molar-refractivity contribution in [2.24, 2.45) is 0 Å². The van der Waals surface area contributed by atoms with Crippen molar-refractivity contribution in [3.63, 3.8) is 0 Å². The van der Waals surface area contributed by atoms with Crippen LogP contribution in [-0.4, -0.2) is 38.1 Å². The lowest BCUT2D eigenvalue weighted by atomic mass is 10.3. The van der Waals surface area contributed by atoms with Crippen molar-refractivity contribution < 1.29 is 9.59 Å². The Morgan fingerprint density at radius 3 is 2.81 bits per heavy atom. The number of amides is 2. The summed E-state index contributed by atoms with van der Waals surface area (Å²) in [7, 11) is 1.86. The number of thioether (sulfide) groups is 1. The lowest BCUT2D eigenvalue weighted by Crippen LogP contribution is -2.20. The molecule has 0 radical (unpaired) electrons. The van der Waals surface area contributed by atoms with Crippen LogP contribution in [0.2, 0.25) is 0 Å². The monoisotopic (exact) mass is 366 g/mol. The molecule has 1 aromatic carbocycles. The first-order valence-electron chi connectivity index (χ1n) is 7.81. The molecule has 1 aliphatic heterocycles. The molecule has 2 amide bonds. The first-order chi connectivity index (χ1) is 12.6. The minimum Gasteiger partial charge on any atom is -0.340 e. The Morgan fingerprint density at radius 2 is 2.04 bits per heavy atom. The zero-order valence-corrected chi connectivity index (χ0v) is 14.6. The quantitative estimate of drug-likeness (QED) is 0.683. The number of hydrogen-bond donors (Lipinski definition) is 2. The van der Waals surface area contributed by atoms with Crippen molar-refractivity contribution in [3.8, 4) is 0 Å². The average molecular weight is 366 g/mol. The van der Waals surface area contributed by atoms with Crippen molar-refractivity contribution in [1.82, 2.24) is 25.3 Å². The van der Waals surface area contributed by atoms with Crippen LogP contribution in [0, 0.1) is 0 Å².